The Bertz CT molecular complexity index is 848. The van der Waals surface area contributed by atoms with Crippen LogP contribution in [0.1, 0.15) is 12.1 Å². The summed E-state index contributed by atoms with van der Waals surface area (Å²) < 4.78 is 29.8. The second-order valence-electron chi connectivity index (χ2n) is 6.08. The van der Waals surface area contributed by atoms with Crippen LogP contribution in [-0.4, -0.2) is 69.3 Å². The molecule has 0 radical (unpaired) electrons. The summed E-state index contributed by atoms with van der Waals surface area (Å²) in [6.45, 7) is 3.87. The zero-order valence-corrected chi connectivity index (χ0v) is 15.2. The summed E-state index contributed by atoms with van der Waals surface area (Å²) in [5.41, 5.74) is 1.01. The standard InChI is InChI=1S/C15H22N6O3S/c1-13-3-5-16-21(13)6-4-15(22)19-7-9-20(10-8-19)25(23,24)14-11-17-18(2)12-14/h3,5,11-12H,4,6-10H2,1-2H3. The average molecular weight is 366 g/mol. The summed E-state index contributed by atoms with van der Waals surface area (Å²) in [6.07, 6.45) is 4.90. The number of carbonyl (C=O) groups is 1. The third kappa shape index (κ3) is 3.74. The van der Waals surface area contributed by atoms with Crippen molar-refractivity contribution in [2.45, 2.75) is 24.8 Å². The van der Waals surface area contributed by atoms with Crippen molar-refractivity contribution in [2.75, 3.05) is 26.2 Å². The lowest BCUT2D eigenvalue weighted by Gasteiger charge is -2.33. The Morgan fingerprint density at radius 3 is 2.48 bits per heavy atom. The van der Waals surface area contributed by atoms with Gasteiger partial charge < -0.3 is 4.90 Å². The van der Waals surface area contributed by atoms with Gasteiger partial charge in [-0.15, -0.1) is 0 Å². The Kier molecular flexibility index (Phi) is 4.91. The lowest BCUT2D eigenvalue weighted by atomic mass is 10.3. The predicted molar refractivity (Wildman–Crippen MR) is 90.1 cm³/mol. The molecule has 25 heavy (non-hydrogen) atoms. The van der Waals surface area contributed by atoms with Gasteiger partial charge in [0.1, 0.15) is 4.90 Å². The number of sulfonamides is 1. The maximum atomic E-state index is 12.6. The van der Waals surface area contributed by atoms with Crippen molar-refractivity contribution in [1.29, 1.82) is 0 Å². The number of amides is 1. The number of nitrogens with zero attached hydrogens (tertiary/aromatic N) is 6. The van der Waals surface area contributed by atoms with Gasteiger partial charge in [-0.1, -0.05) is 0 Å². The van der Waals surface area contributed by atoms with E-state index in [1.807, 2.05) is 13.0 Å². The van der Waals surface area contributed by atoms with E-state index >= 15 is 0 Å². The number of piperazine rings is 1. The summed E-state index contributed by atoms with van der Waals surface area (Å²) in [5, 5.41) is 8.08. The monoisotopic (exact) mass is 366 g/mol. The Morgan fingerprint density at radius 1 is 1.20 bits per heavy atom. The minimum absolute atomic E-state index is 0.0216. The van der Waals surface area contributed by atoms with E-state index in [9.17, 15) is 13.2 Å². The van der Waals surface area contributed by atoms with Gasteiger partial charge in [-0.3, -0.25) is 14.2 Å². The van der Waals surface area contributed by atoms with Gasteiger partial charge in [0, 0.05) is 64.3 Å². The molecule has 136 valence electrons. The summed E-state index contributed by atoms with van der Waals surface area (Å²) in [5.74, 6) is 0.0216. The molecule has 1 fully saturated rings. The molecular formula is C15H22N6O3S. The normalized spacial score (nSPS) is 16.3. The first-order valence-corrected chi connectivity index (χ1v) is 9.57. The van der Waals surface area contributed by atoms with Crippen molar-refractivity contribution in [3.63, 3.8) is 0 Å². The number of carbonyl (C=O) groups excluding carboxylic acids is 1. The molecule has 2 aromatic rings. The second kappa shape index (κ2) is 6.96. The highest BCUT2D eigenvalue weighted by Crippen LogP contribution is 2.17. The molecule has 3 rings (SSSR count). The first-order chi connectivity index (χ1) is 11.9. The van der Waals surface area contributed by atoms with E-state index in [1.165, 1.54) is 21.4 Å². The van der Waals surface area contributed by atoms with Gasteiger partial charge in [0.25, 0.3) is 0 Å². The van der Waals surface area contributed by atoms with Crippen molar-refractivity contribution < 1.29 is 13.2 Å². The van der Waals surface area contributed by atoms with E-state index in [-0.39, 0.29) is 10.8 Å². The molecule has 10 heteroatoms. The molecular weight excluding hydrogens is 344 g/mol. The molecule has 0 aliphatic carbocycles. The average Bonchev–Trinajstić information content (AvgIpc) is 3.21. The topological polar surface area (TPSA) is 93.3 Å². The third-order valence-electron chi connectivity index (χ3n) is 4.38. The van der Waals surface area contributed by atoms with Crippen LogP contribution >= 0.6 is 0 Å². The first kappa shape index (κ1) is 17.6. The van der Waals surface area contributed by atoms with Gasteiger partial charge >= 0.3 is 0 Å². The number of hydrogen-bond acceptors (Lipinski definition) is 5. The maximum absolute atomic E-state index is 12.6. The summed E-state index contributed by atoms with van der Waals surface area (Å²) in [4.78, 5) is 14.2. The molecule has 0 atom stereocenters. The van der Waals surface area contributed by atoms with Crippen LogP contribution in [-0.2, 0) is 28.4 Å². The minimum atomic E-state index is -3.55. The molecule has 3 heterocycles. The largest absolute Gasteiger partial charge is 0.340 e. The number of aryl methyl sites for hydroxylation is 3. The summed E-state index contributed by atoms with van der Waals surface area (Å²) >= 11 is 0. The van der Waals surface area contributed by atoms with Crippen LogP contribution in [0.4, 0.5) is 0 Å². The first-order valence-electron chi connectivity index (χ1n) is 8.13. The van der Waals surface area contributed by atoms with Crippen LogP contribution in [0.5, 0.6) is 0 Å². The minimum Gasteiger partial charge on any atom is -0.340 e. The van der Waals surface area contributed by atoms with Gasteiger partial charge in [0.2, 0.25) is 15.9 Å². The molecule has 9 nitrogen and oxygen atoms in total. The number of hydrogen-bond donors (Lipinski definition) is 0. The van der Waals surface area contributed by atoms with Gasteiger partial charge in [-0.25, -0.2) is 8.42 Å². The van der Waals surface area contributed by atoms with Crippen molar-refractivity contribution in [3.05, 3.63) is 30.4 Å². The molecule has 0 bridgehead atoms. The number of rotatable bonds is 5. The van der Waals surface area contributed by atoms with Gasteiger partial charge in [-0.2, -0.15) is 14.5 Å². The fraction of sp³-hybridized carbons (Fsp3) is 0.533. The fourth-order valence-corrected chi connectivity index (χ4v) is 4.26. The lowest BCUT2D eigenvalue weighted by molar-refractivity contribution is -0.132. The molecule has 1 amide bonds. The highest BCUT2D eigenvalue weighted by Gasteiger charge is 2.30. The van der Waals surface area contributed by atoms with Crippen molar-refractivity contribution in [1.82, 2.24) is 28.8 Å². The van der Waals surface area contributed by atoms with E-state index < -0.39 is 10.0 Å². The summed E-state index contributed by atoms with van der Waals surface area (Å²) in [6, 6.07) is 1.90. The van der Waals surface area contributed by atoms with Gasteiger partial charge in [-0.05, 0) is 13.0 Å². The molecule has 1 aliphatic heterocycles. The van der Waals surface area contributed by atoms with E-state index in [2.05, 4.69) is 10.2 Å². The molecule has 1 aliphatic rings. The fourth-order valence-electron chi connectivity index (χ4n) is 2.85. The van der Waals surface area contributed by atoms with Crippen LogP contribution in [0.25, 0.3) is 0 Å². The van der Waals surface area contributed by atoms with E-state index in [4.69, 9.17) is 0 Å². The van der Waals surface area contributed by atoms with Gasteiger partial charge in [0.15, 0.2) is 0 Å². The van der Waals surface area contributed by atoms with Crippen LogP contribution in [0, 0.1) is 6.92 Å². The second-order valence-corrected chi connectivity index (χ2v) is 8.02. The lowest BCUT2D eigenvalue weighted by Crippen LogP contribution is -2.50. The maximum Gasteiger partial charge on any atom is 0.246 e. The highest BCUT2D eigenvalue weighted by atomic mass is 32.2. The highest BCUT2D eigenvalue weighted by molar-refractivity contribution is 7.89. The molecule has 0 unspecified atom stereocenters. The SMILES string of the molecule is Cc1ccnn1CCC(=O)N1CCN(S(=O)(=O)c2cnn(C)c2)CC1. The molecule has 2 aromatic heterocycles. The van der Waals surface area contributed by atoms with Crippen molar-refractivity contribution >= 4 is 15.9 Å². The third-order valence-corrected chi connectivity index (χ3v) is 6.23. The quantitative estimate of drug-likeness (QED) is 0.734. The zero-order valence-electron chi connectivity index (χ0n) is 14.4. The van der Waals surface area contributed by atoms with E-state index in [1.54, 1.807) is 22.8 Å². The van der Waals surface area contributed by atoms with Crippen LogP contribution in [0.15, 0.2) is 29.6 Å². The van der Waals surface area contributed by atoms with Crippen LogP contribution < -0.4 is 0 Å². The Hall–Kier alpha value is -2.20. The molecule has 0 spiro atoms. The zero-order chi connectivity index (χ0) is 18.0. The van der Waals surface area contributed by atoms with Crippen LogP contribution in [0.2, 0.25) is 0 Å². The molecule has 1 saturated heterocycles. The Balaban J connectivity index is 1.54. The summed E-state index contributed by atoms with van der Waals surface area (Å²) in [7, 11) is -1.87. The Morgan fingerprint density at radius 2 is 1.92 bits per heavy atom. The van der Waals surface area contributed by atoms with Crippen molar-refractivity contribution in [3.8, 4) is 0 Å². The predicted octanol–water partition coefficient (Wildman–Crippen LogP) is -0.152. The van der Waals surface area contributed by atoms with E-state index in [0.717, 1.165) is 5.69 Å². The molecule has 0 aromatic carbocycles. The van der Waals surface area contributed by atoms with E-state index in [0.29, 0.717) is 39.1 Å². The Labute approximate surface area is 146 Å². The van der Waals surface area contributed by atoms with Crippen molar-refractivity contribution in [2.24, 2.45) is 7.05 Å². The number of aromatic nitrogens is 4. The van der Waals surface area contributed by atoms with Gasteiger partial charge in [0.05, 0.1) is 6.20 Å². The molecule has 0 N–H and O–H groups in total. The smallest absolute Gasteiger partial charge is 0.246 e. The van der Waals surface area contributed by atoms with Crippen LogP contribution in [0.3, 0.4) is 0 Å². The molecule has 0 saturated carbocycles.